The van der Waals surface area contributed by atoms with Crippen LogP contribution in [0.15, 0.2) is 48.5 Å². The number of rotatable bonds is 3. The van der Waals surface area contributed by atoms with Crippen LogP contribution < -0.4 is 4.90 Å². The van der Waals surface area contributed by atoms with Crippen molar-refractivity contribution in [2.75, 3.05) is 19.0 Å². The topological polar surface area (TPSA) is 46.4 Å². The Balaban J connectivity index is 2.28. The van der Waals surface area contributed by atoms with Gasteiger partial charge in [-0.15, -0.1) is 0 Å². The molecular weight excluding hydrogens is 228 g/mol. The second-order valence-corrected chi connectivity index (χ2v) is 4.25. The fraction of sp³-hybridized carbons (Fsp3) is 0.143. The molecule has 2 aromatic rings. The van der Waals surface area contributed by atoms with Crippen LogP contribution in [0, 0.1) is 10.1 Å². The Bertz CT molecular complexity index is 545. The van der Waals surface area contributed by atoms with Crippen LogP contribution in [0.2, 0.25) is 0 Å². The van der Waals surface area contributed by atoms with E-state index in [-0.39, 0.29) is 10.6 Å². The van der Waals surface area contributed by atoms with E-state index in [0.29, 0.717) is 0 Å². The van der Waals surface area contributed by atoms with Crippen molar-refractivity contribution in [3.8, 4) is 11.1 Å². The second-order valence-electron chi connectivity index (χ2n) is 4.25. The summed E-state index contributed by atoms with van der Waals surface area (Å²) in [7, 11) is 3.97. The van der Waals surface area contributed by atoms with Crippen LogP contribution in [0.25, 0.3) is 11.1 Å². The van der Waals surface area contributed by atoms with Gasteiger partial charge in [-0.3, -0.25) is 10.1 Å². The Morgan fingerprint density at radius 2 is 1.33 bits per heavy atom. The highest BCUT2D eigenvalue weighted by atomic mass is 16.6. The maximum Gasteiger partial charge on any atom is 0.269 e. The zero-order valence-corrected chi connectivity index (χ0v) is 10.3. The summed E-state index contributed by atoms with van der Waals surface area (Å²) in [6.07, 6.45) is 0. The normalized spacial score (nSPS) is 10.1. The summed E-state index contributed by atoms with van der Waals surface area (Å²) in [5.41, 5.74) is 3.27. The molecule has 4 nitrogen and oxygen atoms in total. The van der Waals surface area contributed by atoms with Gasteiger partial charge in [0.1, 0.15) is 0 Å². The van der Waals surface area contributed by atoms with Gasteiger partial charge in [-0.2, -0.15) is 0 Å². The molecule has 0 atom stereocenters. The van der Waals surface area contributed by atoms with Gasteiger partial charge in [0, 0.05) is 31.9 Å². The Morgan fingerprint density at radius 3 is 1.72 bits per heavy atom. The fourth-order valence-corrected chi connectivity index (χ4v) is 1.73. The number of anilines is 1. The summed E-state index contributed by atoms with van der Waals surface area (Å²) in [5.74, 6) is 0. The van der Waals surface area contributed by atoms with Crippen LogP contribution in [-0.4, -0.2) is 19.0 Å². The van der Waals surface area contributed by atoms with E-state index >= 15 is 0 Å². The first-order chi connectivity index (χ1) is 8.58. The largest absolute Gasteiger partial charge is 0.378 e. The molecule has 0 radical (unpaired) electrons. The highest BCUT2D eigenvalue weighted by Gasteiger charge is 2.05. The SMILES string of the molecule is CN(C)c1ccc(-c2ccc([N+](=O)[O-])cc2)cc1. The fourth-order valence-electron chi connectivity index (χ4n) is 1.73. The third kappa shape index (κ3) is 2.48. The molecule has 0 aromatic heterocycles. The number of nitro groups is 1. The van der Waals surface area contributed by atoms with Gasteiger partial charge in [0.15, 0.2) is 0 Å². The second kappa shape index (κ2) is 4.87. The third-order valence-corrected chi connectivity index (χ3v) is 2.80. The van der Waals surface area contributed by atoms with Crippen molar-refractivity contribution in [2.45, 2.75) is 0 Å². The first kappa shape index (κ1) is 12.1. The molecule has 0 saturated carbocycles. The molecule has 2 rings (SSSR count). The predicted molar refractivity (Wildman–Crippen MR) is 72.9 cm³/mol. The molecule has 92 valence electrons. The zero-order valence-electron chi connectivity index (χ0n) is 10.3. The minimum atomic E-state index is -0.390. The number of hydrogen-bond donors (Lipinski definition) is 0. The van der Waals surface area contributed by atoms with Crippen molar-refractivity contribution in [3.05, 3.63) is 58.6 Å². The van der Waals surface area contributed by atoms with Crippen LogP contribution in [0.4, 0.5) is 11.4 Å². The number of nitro benzene ring substituents is 1. The lowest BCUT2D eigenvalue weighted by molar-refractivity contribution is -0.384. The third-order valence-electron chi connectivity index (χ3n) is 2.80. The Kier molecular flexibility index (Phi) is 3.28. The summed E-state index contributed by atoms with van der Waals surface area (Å²) >= 11 is 0. The maximum absolute atomic E-state index is 10.6. The van der Waals surface area contributed by atoms with Gasteiger partial charge >= 0.3 is 0 Å². The van der Waals surface area contributed by atoms with E-state index < -0.39 is 0 Å². The van der Waals surface area contributed by atoms with Crippen molar-refractivity contribution in [1.29, 1.82) is 0 Å². The van der Waals surface area contributed by atoms with E-state index in [9.17, 15) is 10.1 Å². The molecule has 18 heavy (non-hydrogen) atoms. The average Bonchev–Trinajstić information content (AvgIpc) is 2.39. The molecular formula is C14H14N2O2. The molecule has 0 aliphatic heterocycles. The standard InChI is InChI=1S/C14H14N2O2/c1-15(2)13-7-3-11(4-8-13)12-5-9-14(10-6-12)16(17)18/h3-10H,1-2H3. The lowest BCUT2D eigenvalue weighted by Crippen LogP contribution is -2.07. The van der Waals surface area contributed by atoms with Crippen molar-refractivity contribution in [3.63, 3.8) is 0 Å². The molecule has 0 spiro atoms. The number of nitrogens with zero attached hydrogens (tertiary/aromatic N) is 2. The highest BCUT2D eigenvalue weighted by Crippen LogP contribution is 2.24. The summed E-state index contributed by atoms with van der Waals surface area (Å²) < 4.78 is 0. The van der Waals surface area contributed by atoms with E-state index in [0.717, 1.165) is 16.8 Å². The lowest BCUT2D eigenvalue weighted by atomic mass is 10.1. The Morgan fingerprint density at radius 1 is 0.889 bits per heavy atom. The van der Waals surface area contributed by atoms with E-state index in [4.69, 9.17) is 0 Å². The summed E-state index contributed by atoms with van der Waals surface area (Å²) in [4.78, 5) is 12.2. The molecule has 0 aliphatic rings. The Hall–Kier alpha value is -2.36. The molecule has 2 aromatic carbocycles. The molecule has 0 saturated heterocycles. The molecule has 0 heterocycles. The van der Waals surface area contributed by atoms with Gasteiger partial charge in [-0.05, 0) is 35.4 Å². The van der Waals surface area contributed by atoms with Crippen LogP contribution >= 0.6 is 0 Å². The lowest BCUT2D eigenvalue weighted by Gasteiger charge is -2.12. The number of benzene rings is 2. The summed E-state index contributed by atoms with van der Waals surface area (Å²) in [6.45, 7) is 0. The van der Waals surface area contributed by atoms with E-state index in [1.54, 1.807) is 12.1 Å². The van der Waals surface area contributed by atoms with Crippen molar-refractivity contribution >= 4 is 11.4 Å². The molecule has 0 aliphatic carbocycles. The summed E-state index contributed by atoms with van der Waals surface area (Å²) in [5, 5.41) is 10.6. The van der Waals surface area contributed by atoms with Gasteiger partial charge in [0.2, 0.25) is 0 Å². The molecule has 0 unspecified atom stereocenters. The van der Waals surface area contributed by atoms with Crippen molar-refractivity contribution < 1.29 is 4.92 Å². The minimum Gasteiger partial charge on any atom is -0.378 e. The molecule has 0 N–H and O–H groups in total. The van der Waals surface area contributed by atoms with Crippen molar-refractivity contribution in [2.24, 2.45) is 0 Å². The molecule has 0 bridgehead atoms. The van der Waals surface area contributed by atoms with E-state index in [2.05, 4.69) is 0 Å². The Labute approximate surface area is 106 Å². The molecule has 4 heteroatoms. The van der Waals surface area contributed by atoms with Gasteiger partial charge in [-0.25, -0.2) is 0 Å². The zero-order chi connectivity index (χ0) is 13.1. The van der Waals surface area contributed by atoms with Gasteiger partial charge in [-0.1, -0.05) is 12.1 Å². The monoisotopic (exact) mass is 242 g/mol. The number of non-ortho nitro benzene ring substituents is 1. The smallest absolute Gasteiger partial charge is 0.269 e. The van der Waals surface area contributed by atoms with Crippen LogP contribution in [0.5, 0.6) is 0 Å². The van der Waals surface area contributed by atoms with Crippen LogP contribution in [0.1, 0.15) is 0 Å². The predicted octanol–water partition coefficient (Wildman–Crippen LogP) is 3.33. The van der Waals surface area contributed by atoms with Crippen LogP contribution in [0.3, 0.4) is 0 Å². The first-order valence-corrected chi connectivity index (χ1v) is 5.60. The molecule has 0 amide bonds. The van der Waals surface area contributed by atoms with E-state index in [1.165, 1.54) is 12.1 Å². The molecule has 0 fully saturated rings. The van der Waals surface area contributed by atoms with Gasteiger partial charge in [0.25, 0.3) is 5.69 Å². The first-order valence-electron chi connectivity index (χ1n) is 5.60. The number of hydrogen-bond acceptors (Lipinski definition) is 3. The minimum absolute atomic E-state index is 0.115. The van der Waals surface area contributed by atoms with Crippen molar-refractivity contribution in [1.82, 2.24) is 0 Å². The summed E-state index contributed by atoms with van der Waals surface area (Å²) in [6, 6.07) is 14.6. The van der Waals surface area contributed by atoms with E-state index in [1.807, 2.05) is 43.3 Å². The van der Waals surface area contributed by atoms with Crippen LogP contribution in [-0.2, 0) is 0 Å². The van der Waals surface area contributed by atoms with Gasteiger partial charge < -0.3 is 4.90 Å². The van der Waals surface area contributed by atoms with Gasteiger partial charge in [0.05, 0.1) is 4.92 Å². The highest BCUT2D eigenvalue weighted by molar-refractivity contribution is 5.67. The quantitative estimate of drug-likeness (QED) is 0.612. The average molecular weight is 242 g/mol. The maximum atomic E-state index is 10.6.